The fourth-order valence-electron chi connectivity index (χ4n) is 1.48. The van der Waals surface area contributed by atoms with Gasteiger partial charge in [0, 0.05) is 12.7 Å². The first-order valence-electron chi connectivity index (χ1n) is 5.51. The average Bonchev–Trinajstić information content (AvgIpc) is 2.69. The summed E-state index contributed by atoms with van der Waals surface area (Å²) in [7, 11) is 1.72. The second-order valence-electron chi connectivity index (χ2n) is 3.77. The first-order valence-corrected chi connectivity index (χ1v) is 5.51. The molecule has 0 radical (unpaired) electrons. The van der Waals surface area contributed by atoms with Crippen molar-refractivity contribution in [1.29, 1.82) is 10.5 Å². The number of aliphatic hydroxyl groups is 1. The van der Waals surface area contributed by atoms with Crippen LogP contribution in [0, 0.1) is 29.6 Å². The predicted octanol–water partition coefficient (Wildman–Crippen LogP) is 0.648. The van der Waals surface area contributed by atoms with Crippen LogP contribution in [0.3, 0.4) is 0 Å². The Bertz CT molecular complexity index is 600. The standard InChI is InChI=1S/C13H13N3O3/c1-9-10(6-12(8-15)16(9)2)5-11(7-14)13(18)19-4-3-17/h5-6,17H,3-4H2,1-2H3. The molecule has 19 heavy (non-hydrogen) atoms. The lowest BCUT2D eigenvalue weighted by Gasteiger charge is -2.01. The number of carbonyl (C=O) groups is 1. The van der Waals surface area contributed by atoms with Gasteiger partial charge >= 0.3 is 5.97 Å². The van der Waals surface area contributed by atoms with Gasteiger partial charge < -0.3 is 14.4 Å². The molecule has 1 aromatic heterocycles. The number of ether oxygens (including phenoxy) is 1. The van der Waals surface area contributed by atoms with Crippen LogP contribution >= 0.6 is 0 Å². The number of aliphatic hydroxyl groups excluding tert-OH is 1. The lowest BCUT2D eigenvalue weighted by molar-refractivity contribution is -0.139. The highest BCUT2D eigenvalue weighted by Crippen LogP contribution is 2.17. The van der Waals surface area contributed by atoms with Crippen LogP contribution in [0.1, 0.15) is 17.0 Å². The van der Waals surface area contributed by atoms with E-state index < -0.39 is 5.97 Å². The molecule has 0 aromatic carbocycles. The molecule has 0 aliphatic carbocycles. The van der Waals surface area contributed by atoms with E-state index in [0.717, 1.165) is 5.69 Å². The summed E-state index contributed by atoms with van der Waals surface area (Å²) in [6.07, 6.45) is 1.37. The van der Waals surface area contributed by atoms with Gasteiger partial charge in [0.1, 0.15) is 30.0 Å². The minimum absolute atomic E-state index is 0.158. The van der Waals surface area contributed by atoms with Crippen molar-refractivity contribution in [1.82, 2.24) is 4.57 Å². The highest BCUT2D eigenvalue weighted by molar-refractivity contribution is 5.98. The van der Waals surface area contributed by atoms with Crippen LogP contribution in [0.5, 0.6) is 0 Å². The van der Waals surface area contributed by atoms with Gasteiger partial charge in [-0.25, -0.2) is 4.79 Å². The zero-order chi connectivity index (χ0) is 14.4. The fraction of sp³-hybridized carbons (Fsp3) is 0.308. The van der Waals surface area contributed by atoms with Crippen molar-refractivity contribution in [2.75, 3.05) is 13.2 Å². The number of carbonyl (C=O) groups excluding carboxylic acids is 1. The summed E-state index contributed by atoms with van der Waals surface area (Å²) in [5.41, 5.74) is 1.63. The Hall–Kier alpha value is -2.57. The predicted molar refractivity (Wildman–Crippen MR) is 66.5 cm³/mol. The fourth-order valence-corrected chi connectivity index (χ4v) is 1.48. The van der Waals surface area contributed by atoms with Crippen molar-refractivity contribution in [3.8, 4) is 12.1 Å². The second kappa shape index (κ2) is 6.39. The monoisotopic (exact) mass is 259 g/mol. The third kappa shape index (κ3) is 3.21. The molecule has 0 aliphatic rings. The lowest BCUT2D eigenvalue weighted by atomic mass is 10.1. The van der Waals surface area contributed by atoms with Crippen LogP contribution < -0.4 is 0 Å². The molecule has 0 amide bonds. The molecule has 1 aromatic rings. The topological polar surface area (TPSA) is 99.0 Å². The minimum atomic E-state index is -0.793. The maximum atomic E-state index is 11.5. The van der Waals surface area contributed by atoms with E-state index >= 15 is 0 Å². The first kappa shape index (κ1) is 14.5. The second-order valence-corrected chi connectivity index (χ2v) is 3.77. The third-order valence-corrected chi connectivity index (χ3v) is 2.65. The van der Waals surface area contributed by atoms with Gasteiger partial charge in [0.05, 0.1) is 6.61 Å². The zero-order valence-corrected chi connectivity index (χ0v) is 10.7. The van der Waals surface area contributed by atoms with Crippen molar-refractivity contribution in [3.05, 3.63) is 28.6 Å². The zero-order valence-electron chi connectivity index (χ0n) is 10.7. The normalized spacial score (nSPS) is 10.7. The number of hydrogen-bond acceptors (Lipinski definition) is 5. The van der Waals surface area contributed by atoms with Crippen molar-refractivity contribution >= 4 is 12.0 Å². The summed E-state index contributed by atoms with van der Waals surface area (Å²) in [5, 5.41) is 26.4. The van der Waals surface area contributed by atoms with Crippen LogP contribution in [-0.2, 0) is 16.6 Å². The molecule has 0 fully saturated rings. The van der Waals surface area contributed by atoms with Gasteiger partial charge in [-0.15, -0.1) is 0 Å². The molecule has 1 N–H and O–H groups in total. The van der Waals surface area contributed by atoms with E-state index in [1.807, 2.05) is 6.07 Å². The number of esters is 1. The van der Waals surface area contributed by atoms with Crippen molar-refractivity contribution in [2.45, 2.75) is 6.92 Å². The van der Waals surface area contributed by atoms with Crippen molar-refractivity contribution in [2.24, 2.45) is 7.05 Å². The third-order valence-electron chi connectivity index (χ3n) is 2.65. The highest BCUT2D eigenvalue weighted by atomic mass is 16.5. The summed E-state index contributed by atoms with van der Waals surface area (Å²) in [6.45, 7) is 1.32. The summed E-state index contributed by atoms with van der Waals surface area (Å²) < 4.78 is 6.33. The molecule has 1 heterocycles. The summed E-state index contributed by atoms with van der Waals surface area (Å²) in [5.74, 6) is -0.793. The van der Waals surface area contributed by atoms with Gasteiger partial charge in [0.15, 0.2) is 0 Å². The molecule has 0 aliphatic heterocycles. The Morgan fingerprint density at radius 1 is 1.58 bits per heavy atom. The number of nitriles is 2. The molecule has 0 saturated heterocycles. The van der Waals surface area contributed by atoms with Gasteiger partial charge in [-0.1, -0.05) is 0 Å². The molecule has 0 atom stereocenters. The van der Waals surface area contributed by atoms with E-state index in [1.165, 1.54) is 6.08 Å². The van der Waals surface area contributed by atoms with Crippen LogP contribution in [0.25, 0.3) is 6.08 Å². The highest BCUT2D eigenvalue weighted by Gasteiger charge is 2.13. The first-order chi connectivity index (χ1) is 9.04. The number of aromatic nitrogens is 1. The SMILES string of the molecule is Cc1c(C=C(C#N)C(=O)OCCO)cc(C#N)n1C. The summed E-state index contributed by atoms with van der Waals surface area (Å²) in [4.78, 5) is 11.5. The Labute approximate surface area is 110 Å². The van der Waals surface area contributed by atoms with Crippen LogP contribution in [0.4, 0.5) is 0 Å². The molecule has 0 bridgehead atoms. The Morgan fingerprint density at radius 2 is 2.26 bits per heavy atom. The van der Waals surface area contributed by atoms with Crippen LogP contribution in [0.15, 0.2) is 11.6 Å². The van der Waals surface area contributed by atoms with E-state index in [4.69, 9.17) is 15.6 Å². The van der Waals surface area contributed by atoms with E-state index in [1.54, 1.807) is 30.7 Å². The number of rotatable bonds is 4. The molecule has 1 rings (SSSR count). The van der Waals surface area contributed by atoms with Gasteiger partial charge in [0.25, 0.3) is 0 Å². The molecular formula is C13H13N3O3. The van der Waals surface area contributed by atoms with E-state index in [2.05, 4.69) is 4.74 Å². The number of hydrogen-bond donors (Lipinski definition) is 1. The Balaban J connectivity index is 3.10. The van der Waals surface area contributed by atoms with E-state index in [9.17, 15) is 4.79 Å². The molecule has 6 heteroatoms. The van der Waals surface area contributed by atoms with E-state index in [0.29, 0.717) is 11.3 Å². The summed E-state index contributed by atoms with van der Waals surface area (Å²) >= 11 is 0. The summed E-state index contributed by atoms with van der Waals surface area (Å²) in [6, 6.07) is 5.35. The van der Waals surface area contributed by atoms with Gasteiger partial charge in [0.2, 0.25) is 0 Å². The van der Waals surface area contributed by atoms with Crippen molar-refractivity contribution < 1.29 is 14.6 Å². The molecule has 0 spiro atoms. The largest absolute Gasteiger partial charge is 0.459 e. The maximum Gasteiger partial charge on any atom is 0.348 e. The number of nitrogens with zero attached hydrogens (tertiary/aromatic N) is 3. The van der Waals surface area contributed by atoms with Gasteiger partial charge in [-0.2, -0.15) is 10.5 Å². The molecule has 6 nitrogen and oxygen atoms in total. The van der Waals surface area contributed by atoms with Gasteiger partial charge in [-0.05, 0) is 24.6 Å². The average molecular weight is 259 g/mol. The van der Waals surface area contributed by atoms with Crippen LogP contribution in [-0.4, -0.2) is 28.9 Å². The van der Waals surface area contributed by atoms with Crippen LogP contribution in [0.2, 0.25) is 0 Å². The maximum absolute atomic E-state index is 11.5. The van der Waals surface area contributed by atoms with E-state index in [-0.39, 0.29) is 18.8 Å². The Kier molecular flexibility index (Phi) is 4.87. The van der Waals surface area contributed by atoms with Gasteiger partial charge in [-0.3, -0.25) is 0 Å². The smallest absolute Gasteiger partial charge is 0.348 e. The minimum Gasteiger partial charge on any atom is -0.459 e. The molecule has 98 valence electrons. The molecule has 0 saturated carbocycles. The lowest BCUT2D eigenvalue weighted by Crippen LogP contribution is -2.10. The quantitative estimate of drug-likeness (QED) is 0.486. The molecular weight excluding hydrogens is 246 g/mol. The Morgan fingerprint density at radius 3 is 2.74 bits per heavy atom. The molecule has 0 unspecified atom stereocenters. The van der Waals surface area contributed by atoms with Crippen molar-refractivity contribution in [3.63, 3.8) is 0 Å².